The molecule has 0 radical (unpaired) electrons. The summed E-state index contributed by atoms with van der Waals surface area (Å²) in [7, 11) is 0. The van der Waals surface area contributed by atoms with E-state index in [0.29, 0.717) is 0 Å². The van der Waals surface area contributed by atoms with Crippen molar-refractivity contribution in [3.63, 3.8) is 0 Å². The Hall–Kier alpha value is -0.585. The van der Waals surface area contributed by atoms with E-state index >= 15 is 0 Å². The van der Waals surface area contributed by atoms with Gasteiger partial charge in [-0.25, -0.2) is 0 Å². The van der Waals surface area contributed by atoms with Gasteiger partial charge in [0.2, 0.25) is 0 Å². The molecule has 6 fully saturated rings. The minimum atomic E-state index is 1.08. The van der Waals surface area contributed by atoms with E-state index in [1.807, 2.05) is 0 Å². The molecule has 3 heteroatoms. The first-order valence-corrected chi connectivity index (χ1v) is 21.4. The summed E-state index contributed by atoms with van der Waals surface area (Å²) in [5.74, 6) is 6.55. The number of aryl methyl sites for hydroxylation is 3. The first-order valence-electron chi connectivity index (χ1n) is 21.4. The third kappa shape index (κ3) is 8.72. The van der Waals surface area contributed by atoms with Gasteiger partial charge in [0.15, 0.2) is 0 Å². The van der Waals surface area contributed by atoms with E-state index in [-0.39, 0.29) is 0 Å². The molecule has 0 aromatic heterocycles. The van der Waals surface area contributed by atoms with Crippen molar-refractivity contribution < 1.29 is 0 Å². The van der Waals surface area contributed by atoms with Crippen LogP contribution in [0.1, 0.15) is 171 Å². The van der Waals surface area contributed by atoms with Crippen LogP contribution >= 0.6 is 0 Å². The Morgan fingerprint density at radius 3 is 0.778 bits per heavy atom. The molecule has 6 bridgehead atoms. The SMILES string of the molecule is c1c(CCCCB2C3CCCC2CCC3)cc(CCCCB2C3CCCC2CCC3)cc1CCCCB1C2CCCC1CCC2. The quantitative estimate of drug-likeness (QED) is 0.138. The van der Waals surface area contributed by atoms with Gasteiger partial charge < -0.3 is 0 Å². The van der Waals surface area contributed by atoms with Crippen molar-refractivity contribution in [3.05, 3.63) is 34.9 Å². The Balaban J connectivity index is 0.909. The molecular weight excluding hydrogens is 537 g/mol. The smallest absolute Gasteiger partial charge is 0.0737 e. The molecule has 0 amide bonds. The lowest BCUT2D eigenvalue weighted by molar-refractivity contribution is 0.440. The van der Waals surface area contributed by atoms with Crippen molar-refractivity contribution in [2.24, 2.45) is 0 Å². The molecule has 0 unspecified atom stereocenters. The first-order chi connectivity index (χ1) is 22.3. The van der Waals surface area contributed by atoms with Gasteiger partial charge in [0, 0.05) is 0 Å². The molecule has 6 aliphatic heterocycles. The maximum atomic E-state index is 2.66. The second-order valence-corrected chi connectivity index (χ2v) is 18.0. The summed E-state index contributed by atoms with van der Waals surface area (Å²) >= 11 is 0. The summed E-state index contributed by atoms with van der Waals surface area (Å²) in [6.45, 7) is 3.25. The van der Waals surface area contributed by atoms with Crippen LogP contribution in [0.3, 0.4) is 0 Å². The van der Waals surface area contributed by atoms with Crippen LogP contribution < -0.4 is 0 Å². The fourth-order valence-electron chi connectivity index (χ4n) is 13.3. The average molecular weight is 606 g/mol. The molecular formula is C42H69B3. The van der Waals surface area contributed by atoms with Crippen molar-refractivity contribution in [1.82, 2.24) is 0 Å². The summed E-state index contributed by atoms with van der Waals surface area (Å²) in [5, 5.41) is 0. The third-order valence-corrected chi connectivity index (χ3v) is 15.4. The maximum Gasteiger partial charge on any atom is 0.146 e. The van der Waals surface area contributed by atoms with E-state index < -0.39 is 0 Å². The van der Waals surface area contributed by atoms with Crippen LogP contribution in [0.25, 0.3) is 0 Å². The number of fused-ring (bicyclic) bond motifs is 6. The number of rotatable bonds is 15. The van der Waals surface area contributed by atoms with Gasteiger partial charge in [0.05, 0.1) is 0 Å². The molecule has 1 aromatic rings. The lowest BCUT2D eigenvalue weighted by Gasteiger charge is -2.40. The fraction of sp³-hybridized carbons (Fsp3) is 0.857. The summed E-state index contributed by atoms with van der Waals surface area (Å²) in [5.41, 5.74) is 5.07. The van der Waals surface area contributed by atoms with Crippen LogP contribution in [0.2, 0.25) is 53.9 Å². The molecule has 0 aliphatic carbocycles. The lowest BCUT2D eigenvalue weighted by Crippen LogP contribution is -2.34. The standard InChI is InChI=1S/C42H69B3/c1(4-28-43-37-16-7-17-38(43)19-8-18-37)13-34-31-35(14-2-5-29-44-39-20-9-21-40(44)23-10-22-39)33-36(32-34)15-3-6-30-45-41-24-11-25-42(45)27-12-26-41/h31-33,37-42H,1-30H2. The predicted molar refractivity (Wildman–Crippen MR) is 203 cm³/mol. The Morgan fingerprint density at radius 1 is 0.333 bits per heavy atom. The normalized spacial score (nSPS) is 31.3. The van der Waals surface area contributed by atoms with Crippen LogP contribution in [0, 0.1) is 0 Å². The predicted octanol–water partition coefficient (Wildman–Crippen LogP) is 13.5. The summed E-state index contributed by atoms with van der Waals surface area (Å²) in [6.07, 6.45) is 45.1. The molecule has 0 saturated carbocycles. The van der Waals surface area contributed by atoms with Gasteiger partial charge >= 0.3 is 0 Å². The molecule has 246 valence electrons. The molecule has 0 spiro atoms. The van der Waals surface area contributed by atoms with Crippen molar-refractivity contribution in [3.8, 4) is 0 Å². The van der Waals surface area contributed by atoms with Gasteiger partial charge in [-0.05, 0) is 55.2 Å². The molecule has 6 saturated heterocycles. The zero-order valence-corrected chi connectivity index (χ0v) is 29.6. The monoisotopic (exact) mass is 607 g/mol. The Labute approximate surface area is 281 Å². The number of hydrogen-bond donors (Lipinski definition) is 0. The van der Waals surface area contributed by atoms with Crippen molar-refractivity contribution >= 4 is 20.1 Å². The molecule has 0 nitrogen and oxygen atoms in total. The minimum absolute atomic E-state index is 1.08. The topological polar surface area (TPSA) is 0 Å². The summed E-state index contributed by atoms with van der Waals surface area (Å²) in [4.78, 5) is 0. The highest BCUT2D eigenvalue weighted by molar-refractivity contribution is 6.63. The van der Waals surface area contributed by atoms with E-state index in [1.165, 1.54) is 115 Å². The minimum Gasteiger partial charge on any atom is -0.0737 e. The van der Waals surface area contributed by atoms with Gasteiger partial charge in [0.25, 0.3) is 0 Å². The van der Waals surface area contributed by atoms with E-state index in [0.717, 1.165) is 55.0 Å². The van der Waals surface area contributed by atoms with Gasteiger partial charge in [0.1, 0.15) is 20.1 Å². The van der Waals surface area contributed by atoms with Crippen LogP contribution in [-0.4, -0.2) is 20.1 Å². The Kier molecular flexibility index (Phi) is 12.2. The van der Waals surface area contributed by atoms with E-state index in [4.69, 9.17) is 0 Å². The molecule has 7 rings (SSSR count). The van der Waals surface area contributed by atoms with Crippen molar-refractivity contribution in [2.75, 3.05) is 0 Å². The van der Waals surface area contributed by atoms with Gasteiger partial charge in [-0.2, -0.15) is 0 Å². The molecule has 0 N–H and O–H groups in total. The second-order valence-electron chi connectivity index (χ2n) is 18.0. The largest absolute Gasteiger partial charge is 0.146 e. The van der Waals surface area contributed by atoms with Crippen LogP contribution in [0.15, 0.2) is 18.2 Å². The van der Waals surface area contributed by atoms with E-state index in [9.17, 15) is 0 Å². The second kappa shape index (κ2) is 16.7. The molecule has 0 atom stereocenters. The number of unbranched alkanes of at least 4 members (excludes halogenated alkanes) is 3. The Bertz CT molecular complexity index is 830. The average Bonchev–Trinajstić information content (AvgIpc) is 3.03. The highest BCUT2D eigenvalue weighted by Crippen LogP contribution is 2.50. The Morgan fingerprint density at radius 2 is 0.556 bits per heavy atom. The summed E-state index contributed by atoms with van der Waals surface area (Å²) < 4.78 is 0. The van der Waals surface area contributed by atoms with Crippen LogP contribution in [0.5, 0.6) is 0 Å². The van der Waals surface area contributed by atoms with E-state index in [2.05, 4.69) is 18.2 Å². The van der Waals surface area contributed by atoms with Gasteiger partial charge in [-0.1, -0.05) is 207 Å². The van der Waals surface area contributed by atoms with Gasteiger partial charge in [-0.15, -0.1) is 0 Å². The zero-order valence-electron chi connectivity index (χ0n) is 29.6. The van der Waals surface area contributed by atoms with Crippen LogP contribution in [0.4, 0.5) is 0 Å². The fourth-order valence-corrected chi connectivity index (χ4v) is 13.3. The lowest BCUT2D eigenvalue weighted by atomic mass is 9.26. The number of benzene rings is 1. The van der Waals surface area contributed by atoms with E-state index in [1.54, 1.807) is 93.7 Å². The maximum absolute atomic E-state index is 2.66. The van der Waals surface area contributed by atoms with Crippen molar-refractivity contribution in [1.29, 1.82) is 0 Å². The zero-order chi connectivity index (χ0) is 30.3. The molecule has 6 heterocycles. The third-order valence-electron chi connectivity index (χ3n) is 15.4. The first kappa shape index (κ1) is 32.9. The molecule has 1 aromatic carbocycles. The van der Waals surface area contributed by atoms with Crippen LogP contribution in [-0.2, 0) is 19.3 Å². The van der Waals surface area contributed by atoms with Gasteiger partial charge in [-0.3, -0.25) is 0 Å². The number of hydrogen-bond acceptors (Lipinski definition) is 0. The van der Waals surface area contributed by atoms with Crippen molar-refractivity contribution in [2.45, 2.75) is 227 Å². The molecule has 6 aliphatic rings. The highest BCUT2D eigenvalue weighted by atomic mass is 14.3. The molecule has 45 heavy (non-hydrogen) atoms. The highest BCUT2D eigenvalue weighted by Gasteiger charge is 2.40. The summed E-state index contributed by atoms with van der Waals surface area (Å²) in [6, 6.07) is 7.99.